The lowest BCUT2D eigenvalue weighted by atomic mass is 9.91. The van der Waals surface area contributed by atoms with Crippen LogP contribution in [-0.2, 0) is 0 Å². The van der Waals surface area contributed by atoms with Crippen LogP contribution >= 0.6 is 0 Å². The zero-order chi connectivity index (χ0) is 7.56. The lowest BCUT2D eigenvalue weighted by Gasteiger charge is -1.96. The summed E-state index contributed by atoms with van der Waals surface area (Å²) in [6.45, 7) is 0. The van der Waals surface area contributed by atoms with E-state index in [0.29, 0.717) is 5.56 Å². The highest BCUT2D eigenvalue weighted by atomic mass is 16.3. The molecule has 0 aliphatic rings. The number of phenols is 1. The van der Waals surface area contributed by atoms with E-state index in [-0.39, 0.29) is 5.75 Å². The van der Waals surface area contributed by atoms with Crippen LogP contribution in [-0.4, -0.2) is 19.2 Å². The van der Waals surface area contributed by atoms with E-state index in [9.17, 15) is 4.79 Å². The number of aromatic hydroxyl groups is 1. The van der Waals surface area contributed by atoms with Crippen LogP contribution in [0.5, 0.6) is 5.75 Å². The van der Waals surface area contributed by atoms with Gasteiger partial charge in [0.25, 0.3) is 0 Å². The first kappa shape index (κ1) is 6.87. The van der Waals surface area contributed by atoms with Crippen LogP contribution in [0.2, 0.25) is 0 Å². The molecule has 0 fully saturated rings. The highest BCUT2D eigenvalue weighted by Crippen LogP contribution is 2.06. The Kier molecular flexibility index (Phi) is 1.76. The monoisotopic (exact) mass is 134 g/mol. The van der Waals surface area contributed by atoms with Crippen LogP contribution in [0.1, 0.15) is 10.4 Å². The Morgan fingerprint density at radius 3 is 2.70 bits per heavy atom. The standard InChI is InChI=1S/C7H7BO2/c8-7-2-1-6(10)3-5(7)4-9/h1-4,10H,8H2. The molecule has 10 heavy (non-hydrogen) atoms. The fourth-order valence-corrected chi connectivity index (χ4v) is 0.755. The van der Waals surface area contributed by atoms with Gasteiger partial charge in [-0.1, -0.05) is 11.5 Å². The molecule has 0 radical (unpaired) electrons. The third-order valence-electron chi connectivity index (χ3n) is 1.39. The number of hydrogen-bond acceptors (Lipinski definition) is 2. The van der Waals surface area contributed by atoms with Gasteiger partial charge in [0, 0.05) is 5.56 Å². The van der Waals surface area contributed by atoms with Crippen molar-refractivity contribution in [3.05, 3.63) is 23.8 Å². The van der Waals surface area contributed by atoms with E-state index in [1.54, 1.807) is 12.1 Å². The van der Waals surface area contributed by atoms with Crippen molar-refractivity contribution in [1.29, 1.82) is 0 Å². The first-order valence-electron chi connectivity index (χ1n) is 2.99. The molecular formula is C7H7BO2. The van der Waals surface area contributed by atoms with Crippen molar-refractivity contribution in [2.24, 2.45) is 0 Å². The Morgan fingerprint density at radius 1 is 1.50 bits per heavy atom. The van der Waals surface area contributed by atoms with Crippen molar-refractivity contribution < 1.29 is 9.90 Å². The number of hydrogen-bond donors (Lipinski definition) is 1. The lowest BCUT2D eigenvalue weighted by molar-refractivity contribution is 0.112. The normalized spacial score (nSPS) is 9.20. The summed E-state index contributed by atoms with van der Waals surface area (Å²) in [5.74, 6) is 0.132. The van der Waals surface area contributed by atoms with E-state index in [0.717, 1.165) is 11.7 Å². The number of carbonyl (C=O) groups is 1. The average molecular weight is 134 g/mol. The highest BCUT2D eigenvalue weighted by Gasteiger charge is 1.95. The topological polar surface area (TPSA) is 37.3 Å². The Labute approximate surface area is 59.9 Å². The van der Waals surface area contributed by atoms with Gasteiger partial charge in [-0.2, -0.15) is 0 Å². The first-order valence-corrected chi connectivity index (χ1v) is 2.99. The van der Waals surface area contributed by atoms with E-state index in [1.165, 1.54) is 6.07 Å². The van der Waals surface area contributed by atoms with Crippen LogP contribution in [0.4, 0.5) is 0 Å². The molecule has 0 bridgehead atoms. The lowest BCUT2D eigenvalue weighted by Crippen LogP contribution is -2.07. The smallest absolute Gasteiger partial charge is 0.149 e. The van der Waals surface area contributed by atoms with Crippen LogP contribution in [0, 0.1) is 0 Å². The molecular weight excluding hydrogens is 127 g/mol. The molecule has 2 nitrogen and oxygen atoms in total. The number of benzene rings is 1. The van der Waals surface area contributed by atoms with E-state index in [1.807, 2.05) is 7.85 Å². The Bertz CT molecular complexity index is 258. The van der Waals surface area contributed by atoms with Gasteiger partial charge < -0.3 is 5.11 Å². The van der Waals surface area contributed by atoms with Crippen molar-refractivity contribution in [2.45, 2.75) is 0 Å². The summed E-state index contributed by atoms with van der Waals surface area (Å²) in [6, 6.07) is 4.71. The van der Waals surface area contributed by atoms with Gasteiger partial charge in [0.05, 0.1) is 0 Å². The molecule has 1 N–H and O–H groups in total. The molecule has 0 amide bonds. The Morgan fingerprint density at radius 2 is 2.20 bits per heavy atom. The third-order valence-corrected chi connectivity index (χ3v) is 1.39. The summed E-state index contributed by atoms with van der Waals surface area (Å²) < 4.78 is 0. The molecule has 0 aliphatic carbocycles. The fourth-order valence-electron chi connectivity index (χ4n) is 0.755. The maximum Gasteiger partial charge on any atom is 0.149 e. The molecule has 0 aromatic heterocycles. The molecule has 1 aromatic rings. The quantitative estimate of drug-likeness (QED) is 0.413. The Balaban J connectivity index is 3.21. The zero-order valence-electron chi connectivity index (χ0n) is 5.66. The third kappa shape index (κ3) is 1.18. The number of rotatable bonds is 1. The molecule has 0 aliphatic heterocycles. The molecule has 0 heterocycles. The molecule has 0 unspecified atom stereocenters. The predicted molar refractivity (Wildman–Crippen MR) is 41.7 cm³/mol. The fraction of sp³-hybridized carbons (Fsp3) is 0. The number of carbonyl (C=O) groups excluding carboxylic acids is 1. The van der Waals surface area contributed by atoms with E-state index in [2.05, 4.69) is 0 Å². The van der Waals surface area contributed by atoms with Crippen LogP contribution < -0.4 is 5.46 Å². The first-order chi connectivity index (χ1) is 4.74. The largest absolute Gasteiger partial charge is 0.508 e. The van der Waals surface area contributed by atoms with Crippen LogP contribution in [0.15, 0.2) is 18.2 Å². The summed E-state index contributed by atoms with van der Waals surface area (Å²) in [5, 5.41) is 8.91. The maximum atomic E-state index is 10.3. The molecule has 50 valence electrons. The molecule has 1 aromatic carbocycles. The van der Waals surface area contributed by atoms with Crippen molar-refractivity contribution in [2.75, 3.05) is 0 Å². The summed E-state index contributed by atoms with van der Waals surface area (Å²) in [4.78, 5) is 10.3. The number of phenolic OH excluding ortho intramolecular Hbond substituents is 1. The summed E-state index contributed by atoms with van der Waals surface area (Å²) in [5.41, 5.74) is 1.42. The molecule has 1 rings (SSSR count). The Hall–Kier alpha value is -1.25. The maximum absolute atomic E-state index is 10.3. The second-order valence-electron chi connectivity index (χ2n) is 2.16. The van der Waals surface area contributed by atoms with Crippen LogP contribution in [0.25, 0.3) is 0 Å². The molecule has 3 heteroatoms. The molecule has 0 atom stereocenters. The number of aldehydes is 1. The van der Waals surface area contributed by atoms with Gasteiger partial charge in [0.1, 0.15) is 19.9 Å². The van der Waals surface area contributed by atoms with E-state index in [4.69, 9.17) is 5.11 Å². The summed E-state index contributed by atoms with van der Waals surface area (Å²) >= 11 is 0. The molecule has 0 spiro atoms. The van der Waals surface area contributed by atoms with Gasteiger partial charge in [-0.25, -0.2) is 0 Å². The van der Waals surface area contributed by atoms with Gasteiger partial charge in [0.15, 0.2) is 0 Å². The highest BCUT2D eigenvalue weighted by molar-refractivity contribution is 6.35. The summed E-state index contributed by atoms with van der Waals surface area (Å²) in [7, 11) is 1.82. The summed E-state index contributed by atoms with van der Waals surface area (Å²) in [6.07, 6.45) is 0.731. The van der Waals surface area contributed by atoms with Crippen molar-refractivity contribution in [3.8, 4) is 5.75 Å². The van der Waals surface area contributed by atoms with Gasteiger partial charge >= 0.3 is 0 Å². The van der Waals surface area contributed by atoms with Gasteiger partial charge in [0.2, 0.25) is 0 Å². The SMILES string of the molecule is Bc1ccc(O)cc1C=O. The van der Waals surface area contributed by atoms with Crippen LogP contribution in [0.3, 0.4) is 0 Å². The zero-order valence-corrected chi connectivity index (χ0v) is 5.66. The van der Waals surface area contributed by atoms with Gasteiger partial charge in [-0.3, -0.25) is 4.79 Å². The predicted octanol–water partition coefficient (Wildman–Crippen LogP) is -0.537. The molecule has 0 saturated carbocycles. The minimum Gasteiger partial charge on any atom is -0.508 e. The van der Waals surface area contributed by atoms with Gasteiger partial charge in [-0.15, -0.1) is 0 Å². The average Bonchev–Trinajstić information content (AvgIpc) is 1.94. The van der Waals surface area contributed by atoms with Crippen molar-refractivity contribution in [3.63, 3.8) is 0 Å². The van der Waals surface area contributed by atoms with Crippen molar-refractivity contribution in [1.82, 2.24) is 0 Å². The van der Waals surface area contributed by atoms with E-state index < -0.39 is 0 Å². The van der Waals surface area contributed by atoms with E-state index >= 15 is 0 Å². The second kappa shape index (κ2) is 2.56. The second-order valence-corrected chi connectivity index (χ2v) is 2.16. The minimum atomic E-state index is 0.132. The molecule has 0 saturated heterocycles. The minimum absolute atomic E-state index is 0.132. The van der Waals surface area contributed by atoms with Gasteiger partial charge in [-0.05, 0) is 12.1 Å². The van der Waals surface area contributed by atoms with Crippen molar-refractivity contribution >= 4 is 19.6 Å².